The highest BCUT2D eigenvalue weighted by Gasteiger charge is 2.28. The first kappa shape index (κ1) is 23.0. The van der Waals surface area contributed by atoms with Crippen LogP contribution in [0.4, 0.5) is 0 Å². The highest BCUT2D eigenvalue weighted by Crippen LogP contribution is 2.28. The van der Waals surface area contributed by atoms with E-state index < -0.39 is 0 Å². The second kappa shape index (κ2) is 13.0. The monoisotopic (exact) mass is 403 g/mol. The number of nitrogens with one attached hydrogen (secondary N) is 3. The standard InChI is InChI=1S/C22H37N5O2/c1-4-23-22(25-14-13-24-21(28)19-9-10-19)26-17-18-7-11-20(12-8-18)29-16-15-27(5-2)6-3/h7-8,11-12,19H,4-6,9-10,13-17H2,1-3H3,(H,24,28)(H2,23,25,26). The number of amides is 1. The Balaban J connectivity index is 1.72. The SMILES string of the molecule is CCNC(=NCc1ccc(OCCN(CC)CC)cc1)NCCNC(=O)C1CC1. The summed E-state index contributed by atoms with van der Waals surface area (Å²) in [5, 5.41) is 9.45. The lowest BCUT2D eigenvalue weighted by molar-refractivity contribution is -0.122. The van der Waals surface area contributed by atoms with Crippen molar-refractivity contribution < 1.29 is 9.53 Å². The summed E-state index contributed by atoms with van der Waals surface area (Å²) in [4.78, 5) is 18.6. The molecule has 0 spiro atoms. The number of carbonyl (C=O) groups is 1. The third-order valence-electron chi connectivity index (χ3n) is 4.92. The Morgan fingerprint density at radius 1 is 1.07 bits per heavy atom. The van der Waals surface area contributed by atoms with Gasteiger partial charge in [0.1, 0.15) is 12.4 Å². The van der Waals surface area contributed by atoms with E-state index in [-0.39, 0.29) is 11.8 Å². The molecule has 2 rings (SSSR count). The minimum atomic E-state index is 0.174. The van der Waals surface area contributed by atoms with Crippen LogP contribution in [-0.2, 0) is 11.3 Å². The average Bonchev–Trinajstić information content (AvgIpc) is 3.58. The molecule has 1 aliphatic rings. The highest BCUT2D eigenvalue weighted by atomic mass is 16.5. The Kier molecular flexibility index (Phi) is 10.3. The van der Waals surface area contributed by atoms with E-state index in [1.165, 1.54) is 0 Å². The van der Waals surface area contributed by atoms with E-state index in [0.717, 1.165) is 56.3 Å². The third-order valence-corrected chi connectivity index (χ3v) is 4.92. The van der Waals surface area contributed by atoms with Gasteiger partial charge in [0.15, 0.2) is 5.96 Å². The number of nitrogens with zero attached hydrogens (tertiary/aromatic N) is 2. The van der Waals surface area contributed by atoms with Crippen molar-refractivity contribution in [3.8, 4) is 5.75 Å². The summed E-state index contributed by atoms with van der Waals surface area (Å²) >= 11 is 0. The van der Waals surface area contributed by atoms with E-state index in [1.54, 1.807) is 0 Å². The first-order valence-corrected chi connectivity index (χ1v) is 10.9. The summed E-state index contributed by atoms with van der Waals surface area (Å²) in [7, 11) is 0. The van der Waals surface area contributed by atoms with E-state index in [4.69, 9.17) is 4.74 Å². The third kappa shape index (κ3) is 9.17. The van der Waals surface area contributed by atoms with Crippen molar-refractivity contribution in [2.24, 2.45) is 10.9 Å². The lowest BCUT2D eigenvalue weighted by Crippen LogP contribution is -2.41. The van der Waals surface area contributed by atoms with Gasteiger partial charge in [0.05, 0.1) is 6.54 Å². The predicted molar refractivity (Wildman–Crippen MR) is 118 cm³/mol. The van der Waals surface area contributed by atoms with Gasteiger partial charge in [-0.2, -0.15) is 0 Å². The molecule has 0 unspecified atom stereocenters. The Morgan fingerprint density at radius 2 is 1.76 bits per heavy atom. The zero-order valence-electron chi connectivity index (χ0n) is 18.2. The molecule has 0 atom stereocenters. The van der Waals surface area contributed by atoms with Crippen LogP contribution in [0.1, 0.15) is 39.2 Å². The van der Waals surface area contributed by atoms with Gasteiger partial charge >= 0.3 is 0 Å². The summed E-state index contributed by atoms with van der Waals surface area (Å²) < 4.78 is 5.83. The van der Waals surface area contributed by atoms with Gasteiger partial charge < -0.3 is 25.6 Å². The fraction of sp³-hybridized carbons (Fsp3) is 0.636. The maximum absolute atomic E-state index is 11.6. The van der Waals surface area contributed by atoms with Crippen molar-refractivity contribution >= 4 is 11.9 Å². The molecule has 0 aliphatic heterocycles. The molecule has 0 bridgehead atoms. The smallest absolute Gasteiger partial charge is 0.223 e. The molecule has 7 nitrogen and oxygen atoms in total. The molecule has 1 aliphatic carbocycles. The summed E-state index contributed by atoms with van der Waals surface area (Å²) in [6, 6.07) is 8.10. The van der Waals surface area contributed by atoms with E-state index in [1.807, 2.05) is 19.1 Å². The van der Waals surface area contributed by atoms with Crippen LogP contribution in [0.25, 0.3) is 0 Å². The van der Waals surface area contributed by atoms with Crippen molar-refractivity contribution in [2.75, 3.05) is 45.9 Å². The molecule has 3 N–H and O–H groups in total. The summed E-state index contributed by atoms with van der Waals surface area (Å²) in [5.41, 5.74) is 1.13. The summed E-state index contributed by atoms with van der Waals surface area (Å²) in [5.74, 6) is 2.07. The van der Waals surface area contributed by atoms with Gasteiger partial charge in [-0.05, 0) is 50.6 Å². The highest BCUT2D eigenvalue weighted by molar-refractivity contribution is 5.81. The van der Waals surface area contributed by atoms with Crippen LogP contribution >= 0.6 is 0 Å². The maximum atomic E-state index is 11.6. The normalized spacial score (nSPS) is 14.0. The predicted octanol–water partition coefficient (Wildman–Crippen LogP) is 1.99. The lowest BCUT2D eigenvalue weighted by atomic mass is 10.2. The van der Waals surface area contributed by atoms with Gasteiger partial charge in [-0.25, -0.2) is 4.99 Å². The van der Waals surface area contributed by atoms with Gasteiger partial charge in [-0.1, -0.05) is 26.0 Å². The molecule has 0 saturated heterocycles. The number of hydrogen-bond donors (Lipinski definition) is 3. The van der Waals surface area contributed by atoms with Gasteiger partial charge in [-0.3, -0.25) is 4.79 Å². The minimum absolute atomic E-state index is 0.174. The quantitative estimate of drug-likeness (QED) is 0.267. The number of likely N-dealkylation sites (N-methyl/N-ethyl adjacent to an activating group) is 1. The van der Waals surface area contributed by atoms with Crippen molar-refractivity contribution in [2.45, 2.75) is 40.2 Å². The van der Waals surface area contributed by atoms with Gasteiger partial charge in [0.2, 0.25) is 5.91 Å². The maximum Gasteiger partial charge on any atom is 0.223 e. The van der Waals surface area contributed by atoms with Gasteiger partial charge in [0.25, 0.3) is 0 Å². The molecule has 0 radical (unpaired) electrons. The molecule has 1 aromatic carbocycles. The average molecular weight is 404 g/mol. The number of benzene rings is 1. The molecule has 0 aromatic heterocycles. The number of ether oxygens (including phenoxy) is 1. The van der Waals surface area contributed by atoms with E-state index in [0.29, 0.717) is 26.2 Å². The zero-order chi connectivity index (χ0) is 20.9. The van der Waals surface area contributed by atoms with Crippen LogP contribution in [0.2, 0.25) is 0 Å². The van der Waals surface area contributed by atoms with Crippen LogP contribution in [0, 0.1) is 5.92 Å². The number of aliphatic imine (C=N–C) groups is 1. The Bertz CT molecular complexity index is 625. The van der Waals surface area contributed by atoms with Crippen molar-refractivity contribution in [1.82, 2.24) is 20.9 Å². The minimum Gasteiger partial charge on any atom is -0.492 e. The second-order valence-electron chi connectivity index (χ2n) is 7.21. The first-order chi connectivity index (χ1) is 14.2. The Labute approximate surface area is 175 Å². The van der Waals surface area contributed by atoms with Crippen LogP contribution in [0.5, 0.6) is 5.75 Å². The molecular weight excluding hydrogens is 366 g/mol. The molecule has 29 heavy (non-hydrogen) atoms. The molecule has 1 fully saturated rings. The Hall–Kier alpha value is -2.28. The number of rotatable bonds is 13. The largest absolute Gasteiger partial charge is 0.492 e. The number of carbonyl (C=O) groups excluding carboxylic acids is 1. The lowest BCUT2D eigenvalue weighted by Gasteiger charge is -2.18. The van der Waals surface area contributed by atoms with E-state index in [9.17, 15) is 4.79 Å². The first-order valence-electron chi connectivity index (χ1n) is 10.9. The molecule has 0 heterocycles. The van der Waals surface area contributed by atoms with Crippen molar-refractivity contribution in [1.29, 1.82) is 0 Å². The molecule has 1 aromatic rings. The van der Waals surface area contributed by atoms with E-state index >= 15 is 0 Å². The molecule has 162 valence electrons. The molecular formula is C22H37N5O2. The molecule has 1 saturated carbocycles. The Morgan fingerprint density at radius 3 is 2.38 bits per heavy atom. The van der Waals surface area contributed by atoms with Crippen LogP contribution in [0.15, 0.2) is 29.3 Å². The molecule has 1 amide bonds. The fourth-order valence-corrected chi connectivity index (χ4v) is 2.89. The van der Waals surface area contributed by atoms with Crippen LogP contribution < -0.4 is 20.7 Å². The summed E-state index contributed by atoms with van der Waals surface area (Å²) in [6.07, 6.45) is 2.06. The van der Waals surface area contributed by atoms with Gasteiger partial charge in [-0.15, -0.1) is 0 Å². The fourth-order valence-electron chi connectivity index (χ4n) is 2.89. The van der Waals surface area contributed by atoms with E-state index in [2.05, 4.69) is 51.8 Å². The number of hydrogen-bond acceptors (Lipinski definition) is 4. The van der Waals surface area contributed by atoms with Gasteiger partial charge in [0, 0.05) is 32.1 Å². The zero-order valence-corrected chi connectivity index (χ0v) is 18.2. The second-order valence-corrected chi connectivity index (χ2v) is 7.21. The van der Waals surface area contributed by atoms with Crippen molar-refractivity contribution in [3.63, 3.8) is 0 Å². The topological polar surface area (TPSA) is 78.0 Å². The van der Waals surface area contributed by atoms with Crippen molar-refractivity contribution in [3.05, 3.63) is 29.8 Å². The summed E-state index contributed by atoms with van der Waals surface area (Å²) in [6.45, 7) is 12.8. The van der Waals surface area contributed by atoms with Crippen LogP contribution in [-0.4, -0.2) is 62.6 Å². The molecule has 7 heteroatoms. The van der Waals surface area contributed by atoms with Crippen LogP contribution in [0.3, 0.4) is 0 Å². The number of guanidine groups is 1.